The Balaban J connectivity index is 1.65. The molecular weight excluding hydrogens is 586 g/mol. The third kappa shape index (κ3) is 5.51. The number of fused-ring (bicyclic) bond motifs is 1. The number of hydrogen-bond acceptors (Lipinski definition) is 5. The molecule has 0 bridgehead atoms. The lowest BCUT2D eigenvalue weighted by atomic mass is 10.2. The molecule has 3 aromatic carbocycles. The predicted octanol–water partition coefficient (Wildman–Crippen LogP) is 6.74. The third-order valence-corrected chi connectivity index (χ3v) is 6.38. The van der Waals surface area contributed by atoms with Gasteiger partial charge in [-0.15, -0.1) is 0 Å². The highest BCUT2D eigenvalue weighted by Crippen LogP contribution is 2.34. The van der Waals surface area contributed by atoms with E-state index in [9.17, 15) is 4.79 Å². The monoisotopic (exact) mass is 603 g/mol. The maximum Gasteiger partial charge on any atom is 0.282 e. The van der Waals surface area contributed by atoms with Crippen LogP contribution in [0.5, 0.6) is 11.5 Å². The van der Waals surface area contributed by atoms with Crippen LogP contribution in [-0.2, 0) is 6.61 Å². The minimum atomic E-state index is -0.246. The number of rotatable bonds is 7. The number of aryl methyl sites for hydroxylation is 1. The Morgan fingerprint density at radius 2 is 1.79 bits per heavy atom. The zero-order valence-corrected chi connectivity index (χ0v) is 22.3. The van der Waals surface area contributed by atoms with Crippen LogP contribution in [0.15, 0.2) is 73.4 Å². The van der Waals surface area contributed by atoms with Gasteiger partial charge < -0.3 is 9.47 Å². The highest BCUT2D eigenvalue weighted by Gasteiger charge is 2.12. The molecule has 0 unspecified atom stereocenters. The van der Waals surface area contributed by atoms with E-state index in [1.54, 1.807) is 25.3 Å². The van der Waals surface area contributed by atoms with Crippen molar-refractivity contribution in [3.05, 3.63) is 95.9 Å². The van der Waals surface area contributed by atoms with Gasteiger partial charge in [0.05, 0.1) is 23.7 Å². The molecule has 0 saturated heterocycles. The quantitative estimate of drug-likeness (QED) is 0.219. The molecule has 6 nitrogen and oxygen atoms in total. The Hall–Kier alpha value is -2.68. The van der Waals surface area contributed by atoms with Crippen LogP contribution in [0.1, 0.15) is 23.9 Å². The SMILES string of the molecule is CCOc1cc(C=Nn2c(C)nc3ccc(Br)cc3c2=O)c(Br)cc1OCc1ccc(Cl)cc1. The summed E-state index contributed by atoms with van der Waals surface area (Å²) >= 11 is 12.9. The topological polar surface area (TPSA) is 65.7 Å². The molecule has 0 radical (unpaired) electrons. The zero-order valence-electron chi connectivity index (χ0n) is 18.4. The van der Waals surface area contributed by atoms with Crippen molar-refractivity contribution in [3.8, 4) is 11.5 Å². The first-order valence-electron chi connectivity index (χ1n) is 10.4. The van der Waals surface area contributed by atoms with E-state index in [2.05, 4.69) is 41.9 Å². The number of halogens is 3. The van der Waals surface area contributed by atoms with E-state index in [0.29, 0.717) is 46.5 Å². The van der Waals surface area contributed by atoms with Crippen molar-refractivity contribution in [2.24, 2.45) is 5.10 Å². The number of nitrogens with zero attached hydrogens (tertiary/aromatic N) is 3. The van der Waals surface area contributed by atoms with Crippen LogP contribution >= 0.6 is 43.5 Å². The van der Waals surface area contributed by atoms with Crippen molar-refractivity contribution in [2.45, 2.75) is 20.5 Å². The van der Waals surface area contributed by atoms with Crippen LogP contribution in [0, 0.1) is 6.92 Å². The average Bonchev–Trinajstić information content (AvgIpc) is 2.81. The number of aromatic nitrogens is 2. The Kier molecular flexibility index (Phi) is 7.70. The molecule has 9 heteroatoms. The Labute approximate surface area is 218 Å². The fraction of sp³-hybridized carbons (Fsp3) is 0.160. The molecule has 0 atom stereocenters. The van der Waals surface area contributed by atoms with E-state index < -0.39 is 0 Å². The Morgan fingerprint density at radius 3 is 2.53 bits per heavy atom. The summed E-state index contributed by atoms with van der Waals surface area (Å²) in [7, 11) is 0. The summed E-state index contributed by atoms with van der Waals surface area (Å²) in [4.78, 5) is 17.5. The van der Waals surface area contributed by atoms with Crippen molar-refractivity contribution >= 4 is 60.6 Å². The lowest BCUT2D eigenvalue weighted by Crippen LogP contribution is -2.20. The molecule has 4 rings (SSSR count). The van der Waals surface area contributed by atoms with Crippen molar-refractivity contribution in [2.75, 3.05) is 6.61 Å². The molecule has 0 fully saturated rings. The summed E-state index contributed by atoms with van der Waals surface area (Å²) in [6, 6.07) is 16.5. The maximum absolute atomic E-state index is 13.0. The third-order valence-electron chi connectivity index (χ3n) is 4.95. The minimum Gasteiger partial charge on any atom is -0.490 e. The van der Waals surface area contributed by atoms with Gasteiger partial charge in [0.25, 0.3) is 5.56 Å². The van der Waals surface area contributed by atoms with Crippen LogP contribution in [-0.4, -0.2) is 22.5 Å². The summed E-state index contributed by atoms with van der Waals surface area (Å²) in [6.07, 6.45) is 1.59. The minimum absolute atomic E-state index is 0.246. The standard InChI is InChI=1S/C25H20Br2ClN3O3/c1-3-33-23-10-17(21(27)12-24(23)34-14-16-4-7-19(28)8-5-16)13-29-31-15(2)30-22-9-6-18(26)11-20(22)25(31)32/h4-13H,3,14H2,1-2H3. The molecule has 0 spiro atoms. The van der Waals surface area contributed by atoms with Gasteiger partial charge in [-0.1, -0.05) is 39.7 Å². The molecule has 0 aliphatic rings. The number of hydrogen-bond donors (Lipinski definition) is 0. The number of ether oxygens (including phenoxy) is 2. The average molecular weight is 606 g/mol. The summed E-state index contributed by atoms with van der Waals surface area (Å²) in [5.41, 5.74) is 2.09. The van der Waals surface area contributed by atoms with Gasteiger partial charge in [-0.3, -0.25) is 4.79 Å². The Bertz CT molecular complexity index is 1440. The van der Waals surface area contributed by atoms with Crippen LogP contribution in [0.4, 0.5) is 0 Å². The second-order valence-electron chi connectivity index (χ2n) is 7.35. The predicted molar refractivity (Wildman–Crippen MR) is 143 cm³/mol. The van der Waals surface area contributed by atoms with Gasteiger partial charge in [0.1, 0.15) is 12.4 Å². The van der Waals surface area contributed by atoms with Crippen molar-refractivity contribution in [3.63, 3.8) is 0 Å². The highest BCUT2D eigenvalue weighted by atomic mass is 79.9. The largest absolute Gasteiger partial charge is 0.490 e. The van der Waals surface area contributed by atoms with Crippen LogP contribution in [0.2, 0.25) is 5.02 Å². The maximum atomic E-state index is 13.0. The molecule has 174 valence electrons. The van der Waals surface area contributed by atoms with Gasteiger partial charge in [-0.2, -0.15) is 9.78 Å². The van der Waals surface area contributed by atoms with Gasteiger partial charge in [0.2, 0.25) is 0 Å². The first kappa shape index (κ1) is 24.4. The van der Waals surface area contributed by atoms with Crippen molar-refractivity contribution < 1.29 is 9.47 Å². The molecule has 1 heterocycles. The van der Waals surface area contributed by atoms with E-state index in [4.69, 9.17) is 21.1 Å². The second kappa shape index (κ2) is 10.7. The molecule has 1 aromatic heterocycles. The van der Waals surface area contributed by atoms with Crippen LogP contribution in [0.25, 0.3) is 10.9 Å². The van der Waals surface area contributed by atoms with Crippen molar-refractivity contribution in [1.82, 2.24) is 9.66 Å². The van der Waals surface area contributed by atoms with Crippen LogP contribution in [0.3, 0.4) is 0 Å². The molecule has 0 saturated carbocycles. The first-order valence-corrected chi connectivity index (χ1v) is 12.4. The van der Waals surface area contributed by atoms with E-state index in [-0.39, 0.29) is 5.56 Å². The fourth-order valence-corrected chi connectivity index (χ4v) is 4.20. The molecule has 0 aliphatic heterocycles. The van der Waals surface area contributed by atoms with Crippen molar-refractivity contribution in [1.29, 1.82) is 0 Å². The van der Waals surface area contributed by atoms with E-state index in [1.807, 2.05) is 49.4 Å². The van der Waals surface area contributed by atoms with Gasteiger partial charge >= 0.3 is 0 Å². The van der Waals surface area contributed by atoms with E-state index in [1.165, 1.54) is 4.68 Å². The van der Waals surface area contributed by atoms with E-state index in [0.717, 1.165) is 20.1 Å². The summed E-state index contributed by atoms with van der Waals surface area (Å²) in [5.74, 6) is 1.65. The fourth-order valence-electron chi connectivity index (χ4n) is 3.29. The van der Waals surface area contributed by atoms with E-state index >= 15 is 0 Å². The molecule has 34 heavy (non-hydrogen) atoms. The normalized spacial score (nSPS) is 11.3. The lowest BCUT2D eigenvalue weighted by molar-refractivity contribution is 0.269. The van der Waals surface area contributed by atoms with Gasteiger partial charge in [-0.25, -0.2) is 4.98 Å². The molecule has 4 aromatic rings. The molecular formula is C25H20Br2ClN3O3. The molecule has 0 amide bonds. The molecule has 0 N–H and O–H groups in total. The summed E-state index contributed by atoms with van der Waals surface area (Å²) in [6.45, 7) is 4.48. The Morgan fingerprint density at radius 1 is 1.06 bits per heavy atom. The summed E-state index contributed by atoms with van der Waals surface area (Å²) < 4.78 is 14.6. The van der Waals surface area contributed by atoms with Gasteiger partial charge in [-0.05, 0) is 77.8 Å². The second-order valence-corrected chi connectivity index (χ2v) is 9.56. The van der Waals surface area contributed by atoms with Crippen LogP contribution < -0.4 is 15.0 Å². The smallest absolute Gasteiger partial charge is 0.282 e. The lowest BCUT2D eigenvalue weighted by Gasteiger charge is -2.14. The number of benzene rings is 3. The van der Waals surface area contributed by atoms with Gasteiger partial charge in [0.15, 0.2) is 11.5 Å². The van der Waals surface area contributed by atoms with Gasteiger partial charge in [0, 0.05) is 19.5 Å². The summed E-state index contributed by atoms with van der Waals surface area (Å²) in [5, 5.41) is 5.57. The highest BCUT2D eigenvalue weighted by molar-refractivity contribution is 9.10. The first-order chi connectivity index (χ1) is 16.4. The molecule has 0 aliphatic carbocycles. The zero-order chi connectivity index (χ0) is 24.2.